The molecule has 0 spiro atoms. The van der Waals surface area contributed by atoms with Gasteiger partial charge in [0, 0.05) is 31.8 Å². The fourth-order valence-electron chi connectivity index (χ4n) is 2.61. The molecule has 1 N–H and O–H groups in total. The molecule has 1 unspecified atom stereocenters. The molecule has 0 aliphatic carbocycles. The summed E-state index contributed by atoms with van der Waals surface area (Å²) in [7, 11) is 0. The lowest BCUT2D eigenvalue weighted by atomic mass is 10.1. The third-order valence-corrected chi connectivity index (χ3v) is 3.64. The number of anilines is 1. The third kappa shape index (κ3) is 2.99. The Hall–Kier alpha value is -1.70. The van der Waals surface area contributed by atoms with E-state index in [4.69, 9.17) is 4.74 Å². The van der Waals surface area contributed by atoms with Gasteiger partial charge in [-0.1, -0.05) is 6.07 Å². The van der Waals surface area contributed by atoms with E-state index in [1.807, 2.05) is 0 Å². The van der Waals surface area contributed by atoms with Crippen LogP contribution in [0.3, 0.4) is 0 Å². The smallest absolute Gasteiger partial charge is 0.271 e. The third-order valence-electron chi connectivity index (χ3n) is 3.64. The van der Waals surface area contributed by atoms with Crippen LogP contribution in [0.15, 0.2) is 18.2 Å². The molecule has 8 heteroatoms. The lowest BCUT2D eigenvalue weighted by Gasteiger charge is -2.27. The zero-order valence-corrected chi connectivity index (χ0v) is 12.1. The first-order valence-electron chi connectivity index (χ1n) is 6.58. The number of carbonyl (C=O) groups excluding carboxylic acids is 1. The Morgan fingerprint density at radius 1 is 1.48 bits per heavy atom. The van der Waals surface area contributed by atoms with Crippen LogP contribution in [-0.2, 0) is 16.0 Å². The minimum atomic E-state index is -0.506. The van der Waals surface area contributed by atoms with Crippen molar-refractivity contribution in [2.75, 3.05) is 31.1 Å². The fraction of sp³-hybridized carbons (Fsp3) is 0.462. The number of fused-ring (bicyclic) bond motifs is 1. The van der Waals surface area contributed by atoms with E-state index >= 15 is 0 Å². The number of amides is 1. The highest BCUT2D eigenvalue weighted by atomic mass is 35.5. The average Bonchev–Trinajstić information content (AvgIpc) is 2.90. The molecule has 1 saturated heterocycles. The molecular weight excluding hydrogens is 298 g/mol. The highest BCUT2D eigenvalue weighted by Gasteiger charge is 2.32. The Bertz CT molecular complexity index is 560. The summed E-state index contributed by atoms with van der Waals surface area (Å²) in [6, 6.07) is 4.67. The van der Waals surface area contributed by atoms with Gasteiger partial charge in [0.05, 0.1) is 17.2 Å². The van der Waals surface area contributed by atoms with Crippen molar-refractivity contribution in [3.8, 4) is 0 Å². The van der Waals surface area contributed by atoms with E-state index in [-0.39, 0.29) is 24.0 Å². The first-order chi connectivity index (χ1) is 9.66. The number of ether oxygens (including phenoxy) is 1. The highest BCUT2D eigenvalue weighted by molar-refractivity contribution is 5.99. The summed E-state index contributed by atoms with van der Waals surface area (Å²) in [6.45, 7) is 2.28. The van der Waals surface area contributed by atoms with Gasteiger partial charge in [-0.15, -0.1) is 12.4 Å². The lowest BCUT2D eigenvalue weighted by Crippen LogP contribution is -2.49. The molecule has 0 bridgehead atoms. The molecule has 0 saturated carbocycles. The Kier molecular flexibility index (Phi) is 4.76. The van der Waals surface area contributed by atoms with E-state index in [9.17, 15) is 14.9 Å². The number of hydrogen-bond acceptors (Lipinski definition) is 5. The van der Waals surface area contributed by atoms with Crippen LogP contribution in [0, 0.1) is 10.1 Å². The summed E-state index contributed by atoms with van der Waals surface area (Å²) in [4.78, 5) is 24.4. The van der Waals surface area contributed by atoms with E-state index in [0.717, 1.165) is 18.5 Å². The molecule has 2 aliphatic rings. The second kappa shape index (κ2) is 6.38. The molecule has 2 heterocycles. The number of non-ortho nitro benzene ring substituents is 1. The maximum atomic E-state index is 12.4. The first kappa shape index (κ1) is 15.7. The predicted molar refractivity (Wildman–Crippen MR) is 79.0 cm³/mol. The molecule has 1 atom stereocenters. The zero-order chi connectivity index (χ0) is 14.1. The van der Waals surface area contributed by atoms with Crippen LogP contribution in [0.25, 0.3) is 0 Å². The molecule has 2 aliphatic heterocycles. The zero-order valence-electron chi connectivity index (χ0n) is 11.3. The minimum Gasteiger partial charge on any atom is -0.366 e. The number of nitro groups is 1. The molecule has 0 aromatic heterocycles. The Morgan fingerprint density at radius 2 is 2.29 bits per heavy atom. The van der Waals surface area contributed by atoms with E-state index < -0.39 is 11.0 Å². The van der Waals surface area contributed by atoms with Crippen LogP contribution in [-0.4, -0.2) is 43.2 Å². The van der Waals surface area contributed by atoms with Crippen LogP contribution in [0.1, 0.15) is 5.56 Å². The first-order valence-corrected chi connectivity index (χ1v) is 6.58. The molecular formula is C13H16ClN3O4. The highest BCUT2D eigenvalue weighted by Crippen LogP contribution is 2.32. The monoisotopic (exact) mass is 313 g/mol. The van der Waals surface area contributed by atoms with Crippen molar-refractivity contribution in [1.82, 2.24) is 5.32 Å². The van der Waals surface area contributed by atoms with Crippen molar-refractivity contribution in [3.05, 3.63) is 33.9 Å². The van der Waals surface area contributed by atoms with Crippen molar-refractivity contribution in [2.24, 2.45) is 0 Å². The van der Waals surface area contributed by atoms with Gasteiger partial charge < -0.3 is 15.0 Å². The number of morpholine rings is 1. The van der Waals surface area contributed by atoms with Crippen LogP contribution < -0.4 is 10.2 Å². The van der Waals surface area contributed by atoms with E-state index in [2.05, 4.69) is 5.32 Å². The van der Waals surface area contributed by atoms with Crippen molar-refractivity contribution in [3.63, 3.8) is 0 Å². The largest absolute Gasteiger partial charge is 0.366 e. The van der Waals surface area contributed by atoms with Gasteiger partial charge in [0.15, 0.2) is 0 Å². The number of nitrogens with zero attached hydrogens (tertiary/aromatic N) is 2. The molecule has 7 nitrogen and oxygen atoms in total. The summed E-state index contributed by atoms with van der Waals surface area (Å²) in [6.07, 6.45) is 0.216. The molecule has 1 amide bonds. The summed E-state index contributed by atoms with van der Waals surface area (Å²) in [5.74, 6) is -0.128. The van der Waals surface area contributed by atoms with Crippen molar-refractivity contribution < 1.29 is 14.5 Å². The van der Waals surface area contributed by atoms with Gasteiger partial charge in [-0.2, -0.15) is 0 Å². The normalized spacial score (nSPS) is 20.6. The van der Waals surface area contributed by atoms with Gasteiger partial charge in [0.1, 0.15) is 6.10 Å². The van der Waals surface area contributed by atoms with Crippen LogP contribution >= 0.6 is 12.4 Å². The van der Waals surface area contributed by atoms with Gasteiger partial charge in [0.2, 0.25) is 0 Å². The molecule has 1 aromatic carbocycles. The molecule has 0 radical (unpaired) electrons. The number of nitro benzene ring substituents is 1. The number of hydrogen-bond donors (Lipinski definition) is 1. The summed E-state index contributed by atoms with van der Waals surface area (Å²) in [5, 5.41) is 14.0. The molecule has 114 valence electrons. The predicted octanol–water partition coefficient (Wildman–Crippen LogP) is 0.894. The second-order valence-electron chi connectivity index (χ2n) is 4.87. The van der Waals surface area contributed by atoms with Crippen molar-refractivity contribution in [2.45, 2.75) is 12.5 Å². The van der Waals surface area contributed by atoms with E-state index in [0.29, 0.717) is 25.4 Å². The molecule has 1 fully saturated rings. The van der Waals surface area contributed by atoms with Crippen LogP contribution in [0.2, 0.25) is 0 Å². The SMILES string of the molecule is Cl.O=C(C1CNCCO1)N1CCc2ccc([N+](=O)[O-])cc21. The topological polar surface area (TPSA) is 84.7 Å². The molecule has 21 heavy (non-hydrogen) atoms. The average molecular weight is 314 g/mol. The summed E-state index contributed by atoms with van der Waals surface area (Å²) >= 11 is 0. The molecule has 3 rings (SSSR count). The fourth-order valence-corrected chi connectivity index (χ4v) is 2.61. The van der Waals surface area contributed by atoms with Gasteiger partial charge in [-0.3, -0.25) is 14.9 Å². The van der Waals surface area contributed by atoms with Gasteiger partial charge in [-0.05, 0) is 12.0 Å². The van der Waals surface area contributed by atoms with Gasteiger partial charge >= 0.3 is 0 Å². The van der Waals surface area contributed by atoms with E-state index in [1.54, 1.807) is 11.0 Å². The number of carbonyl (C=O) groups is 1. The Labute approximate surface area is 127 Å². The maximum Gasteiger partial charge on any atom is 0.271 e. The quantitative estimate of drug-likeness (QED) is 0.647. The van der Waals surface area contributed by atoms with Gasteiger partial charge in [0.25, 0.3) is 11.6 Å². The van der Waals surface area contributed by atoms with Gasteiger partial charge in [-0.25, -0.2) is 0 Å². The maximum absolute atomic E-state index is 12.4. The Morgan fingerprint density at radius 3 is 2.95 bits per heavy atom. The van der Waals surface area contributed by atoms with Crippen LogP contribution in [0.5, 0.6) is 0 Å². The van der Waals surface area contributed by atoms with Crippen molar-refractivity contribution in [1.29, 1.82) is 0 Å². The van der Waals surface area contributed by atoms with Crippen LogP contribution in [0.4, 0.5) is 11.4 Å². The summed E-state index contributed by atoms with van der Waals surface area (Å²) < 4.78 is 5.46. The number of nitrogens with one attached hydrogen (secondary N) is 1. The number of halogens is 1. The van der Waals surface area contributed by atoms with E-state index in [1.165, 1.54) is 12.1 Å². The Balaban J connectivity index is 0.00000161. The minimum absolute atomic E-state index is 0. The number of rotatable bonds is 2. The second-order valence-corrected chi connectivity index (χ2v) is 4.87. The lowest BCUT2D eigenvalue weighted by molar-refractivity contribution is -0.384. The number of benzene rings is 1. The standard InChI is InChI=1S/C13H15N3O4.ClH/c17-13(12-8-14-4-6-20-12)15-5-3-9-1-2-10(16(18)19)7-11(9)15;/h1-2,7,12,14H,3-6,8H2;1H. The van der Waals surface area contributed by atoms with Crippen molar-refractivity contribution >= 4 is 29.7 Å². The summed E-state index contributed by atoms with van der Waals surface area (Å²) in [5.41, 5.74) is 1.61. The molecule has 1 aromatic rings.